The summed E-state index contributed by atoms with van der Waals surface area (Å²) < 4.78 is 5.78. The lowest BCUT2D eigenvalue weighted by atomic mass is 9.87. The summed E-state index contributed by atoms with van der Waals surface area (Å²) >= 11 is 0. The normalized spacial score (nSPS) is 10.7. The number of nitrogens with one attached hydrogen (secondary N) is 1. The van der Waals surface area contributed by atoms with E-state index in [4.69, 9.17) is 15.9 Å². The van der Waals surface area contributed by atoms with E-state index in [0.29, 0.717) is 6.61 Å². The average Bonchev–Trinajstić information content (AvgIpc) is 2.45. The van der Waals surface area contributed by atoms with E-state index in [1.54, 1.807) is 0 Å². The molecule has 0 spiro atoms. The Morgan fingerprint density at radius 2 is 1.73 bits per heavy atom. The first-order valence-corrected chi connectivity index (χ1v) is 7.03. The molecule has 118 valence electrons. The Kier molecular flexibility index (Phi) is 6.01. The molecule has 0 saturated carbocycles. The summed E-state index contributed by atoms with van der Waals surface area (Å²) in [6.45, 7) is 7.04. The van der Waals surface area contributed by atoms with Crippen molar-refractivity contribution >= 4 is 18.2 Å². The number of nitrogens with two attached hydrogens (primary N) is 1. The molecule has 3 N–H and O–H groups in total. The zero-order chi connectivity index (χ0) is 15.5. The van der Waals surface area contributed by atoms with Crippen LogP contribution in [0, 0.1) is 5.41 Å². The molecule has 2 aromatic rings. The van der Waals surface area contributed by atoms with Crippen LogP contribution in [0.15, 0.2) is 48.5 Å². The number of rotatable bonds is 4. The van der Waals surface area contributed by atoms with Gasteiger partial charge in [0.2, 0.25) is 0 Å². The van der Waals surface area contributed by atoms with E-state index < -0.39 is 0 Å². The van der Waals surface area contributed by atoms with Crippen LogP contribution in [0.2, 0.25) is 0 Å². The Bertz CT molecular complexity index is 630. The number of ether oxygens (including phenoxy) is 1. The van der Waals surface area contributed by atoms with Crippen molar-refractivity contribution in [2.75, 3.05) is 0 Å². The van der Waals surface area contributed by atoms with Crippen LogP contribution in [0.25, 0.3) is 0 Å². The monoisotopic (exact) mass is 318 g/mol. The van der Waals surface area contributed by atoms with Gasteiger partial charge < -0.3 is 10.5 Å². The predicted octanol–water partition coefficient (Wildman–Crippen LogP) is 4.27. The fourth-order valence-corrected chi connectivity index (χ4v) is 2.05. The van der Waals surface area contributed by atoms with Gasteiger partial charge in [-0.3, -0.25) is 5.41 Å². The van der Waals surface area contributed by atoms with Crippen LogP contribution >= 0.6 is 12.4 Å². The smallest absolute Gasteiger partial charge is 0.122 e. The molecule has 0 aliphatic carbocycles. The lowest BCUT2D eigenvalue weighted by Gasteiger charge is -2.19. The van der Waals surface area contributed by atoms with E-state index in [-0.39, 0.29) is 23.7 Å². The van der Waals surface area contributed by atoms with Crippen molar-refractivity contribution in [2.45, 2.75) is 32.8 Å². The Hall–Kier alpha value is -2.00. The van der Waals surface area contributed by atoms with Gasteiger partial charge in [0.25, 0.3) is 0 Å². The minimum Gasteiger partial charge on any atom is -0.489 e. The Morgan fingerprint density at radius 3 is 2.27 bits per heavy atom. The second kappa shape index (κ2) is 7.32. The van der Waals surface area contributed by atoms with Crippen molar-refractivity contribution in [3.63, 3.8) is 0 Å². The maximum absolute atomic E-state index is 7.45. The third kappa shape index (κ3) is 4.78. The highest BCUT2D eigenvalue weighted by molar-refractivity contribution is 5.95. The van der Waals surface area contributed by atoms with E-state index >= 15 is 0 Å². The van der Waals surface area contributed by atoms with Gasteiger partial charge in [0, 0.05) is 5.56 Å². The molecule has 0 fully saturated rings. The molecule has 0 radical (unpaired) electrons. The van der Waals surface area contributed by atoms with Crippen molar-refractivity contribution in [2.24, 2.45) is 5.73 Å². The summed E-state index contributed by atoms with van der Waals surface area (Å²) in [6, 6.07) is 15.7. The molecule has 0 aliphatic heterocycles. The number of nitrogen functional groups attached to an aromatic ring is 1. The summed E-state index contributed by atoms with van der Waals surface area (Å²) in [5.41, 5.74) is 8.65. The number of hydrogen-bond acceptors (Lipinski definition) is 2. The fraction of sp³-hybridized carbons (Fsp3) is 0.278. The molecule has 22 heavy (non-hydrogen) atoms. The van der Waals surface area contributed by atoms with E-state index in [9.17, 15) is 0 Å². The molecule has 0 bridgehead atoms. The van der Waals surface area contributed by atoms with Gasteiger partial charge in [-0.2, -0.15) is 0 Å². The molecule has 0 amide bonds. The largest absolute Gasteiger partial charge is 0.489 e. The molecule has 0 atom stereocenters. The average molecular weight is 319 g/mol. The van der Waals surface area contributed by atoms with E-state index in [0.717, 1.165) is 16.9 Å². The Labute approximate surface area is 138 Å². The highest BCUT2D eigenvalue weighted by Gasteiger charge is 2.12. The zero-order valence-corrected chi connectivity index (χ0v) is 14.0. The van der Waals surface area contributed by atoms with Gasteiger partial charge in [0.05, 0.1) is 0 Å². The maximum Gasteiger partial charge on any atom is 0.122 e. The van der Waals surface area contributed by atoms with Crippen LogP contribution in [0.1, 0.15) is 37.5 Å². The summed E-state index contributed by atoms with van der Waals surface area (Å²) in [7, 11) is 0. The highest BCUT2D eigenvalue weighted by Crippen LogP contribution is 2.24. The van der Waals surface area contributed by atoms with Crippen molar-refractivity contribution in [3.05, 3.63) is 65.2 Å². The van der Waals surface area contributed by atoms with E-state index in [1.807, 2.05) is 36.4 Å². The summed E-state index contributed by atoms with van der Waals surface area (Å²) in [6.07, 6.45) is 0. The molecule has 0 aliphatic rings. The second-order valence-corrected chi connectivity index (χ2v) is 6.18. The van der Waals surface area contributed by atoms with Gasteiger partial charge >= 0.3 is 0 Å². The minimum atomic E-state index is 0. The van der Waals surface area contributed by atoms with Gasteiger partial charge in [0.15, 0.2) is 0 Å². The molecule has 0 aromatic heterocycles. The van der Waals surface area contributed by atoms with Crippen molar-refractivity contribution in [1.82, 2.24) is 0 Å². The number of hydrogen-bond donors (Lipinski definition) is 2. The van der Waals surface area contributed by atoms with Crippen molar-refractivity contribution in [1.29, 1.82) is 5.41 Å². The number of benzene rings is 2. The Balaban J connectivity index is 0.00000242. The summed E-state index contributed by atoms with van der Waals surface area (Å²) in [5.74, 6) is 0.919. The lowest BCUT2D eigenvalue weighted by molar-refractivity contribution is 0.306. The number of amidine groups is 1. The molecule has 0 heterocycles. The third-order valence-corrected chi connectivity index (χ3v) is 3.36. The van der Waals surface area contributed by atoms with E-state index in [1.165, 1.54) is 5.56 Å². The van der Waals surface area contributed by atoms with Crippen LogP contribution in [-0.4, -0.2) is 5.84 Å². The topological polar surface area (TPSA) is 59.1 Å². The fourth-order valence-electron chi connectivity index (χ4n) is 2.05. The minimum absolute atomic E-state index is 0. The maximum atomic E-state index is 7.45. The summed E-state index contributed by atoms with van der Waals surface area (Å²) in [5, 5.41) is 7.45. The molecule has 2 rings (SSSR count). The van der Waals surface area contributed by atoms with Crippen LogP contribution < -0.4 is 10.5 Å². The van der Waals surface area contributed by atoms with Gasteiger partial charge in [-0.25, -0.2) is 0 Å². The van der Waals surface area contributed by atoms with Crippen LogP contribution in [0.3, 0.4) is 0 Å². The standard InChI is InChI=1S/C18H22N2O.ClH/c1-18(2,3)15-7-9-16(10-8-15)21-12-13-5-4-6-14(11-13)17(19)20;/h4-11H,12H2,1-3H3,(H3,19,20);1H. The first-order valence-electron chi connectivity index (χ1n) is 7.03. The van der Waals surface area contributed by atoms with Crippen LogP contribution in [-0.2, 0) is 12.0 Å². The van der Waals surface area contributed by atoms with Crippen molar-refractivity contribution in [3.8, 4) is 5.75 Å². The summed E-state index contributed by atoms with van der Waals surface area (Å²) in [4.78, 5) is 0. The molecular formula is C18H23ClN2O. The molecule has 4 heteroatoms. The first kappa shape index (κ1) is 18.1. The van der Waals surface area contributed by atoms with E-state index in [2.05, 4.69) is 32.9 Å². The first-order chi connectivity index (χ1) is 9.86. The molecular weight excluding hydrogens is 296 g/mol. The molecule has 3 nitrogen and oxygen atoms in total. The predicted molar refractivity (Wildman–Crippen MR) is 94.2 cm³/mol. The third-order valence-electron chi connectivity index (χ3n) is 3.36. The highest BCUT2D eigenvalue weighted by atomic mass is 35.5. The van der Waals surface area contributed by atoms with Crippen molar-refractivity contribution < 1.29 is 4.74 Å². The van der Waals surface area contributed by atoms with Crippen LogP contribution in [0.5, 0.6) is 5.75 Å². The molecule has 0 unspecified atom stereocenters. The Morgan fingerprint density at radius 1 is 1.09 bits per heavy atom. The quantitative estimate of drug-likeness (QED) is 0.653. The number of halogens is 1. The SMILES string of the molecule is CC(C)(C)c1ccc(OCc2cccc(C(=N)N)c2)cc1.Cl. The zero-order valence-electron chi connectivity index (χ0n) is 13.2. The van der Waals surface area contributed by atoms with Gasteiger partial charge in [-0.05, 0) is 34.7 Å². The molecule has 2 aromatic carbocycles. The van der Waals surface area contributed by atoms with Crippen LogP contribution in [0.4, 0.5) is 0 Å². The second-order valence-electron chi connectivity index (χ2n) is 6.18. The lowest BCUT2D eigenvalue weighted by Crippen LogP contribution is -2.11. The van der Waals surface area contributed by atoms with Gasteiger partial charge in [0.1, 0.15) is 18.2 Å². The van der Waals surface area contributed by atoms with Gasteiger partial charge in [-0.1, -0.05) is 51.1 Å². The van der Waals surface area contributed by atoms with Gasteiger partial charge in [-0.15, -0.1) is 12.4 Å². The molecule has 0 saturated heterocycles.